The molecule has 0 saturated heterocycles. The molecule has 43 heavy (non-hydrogen) atoms. The number of hydrogen-bond donors (Lipinski definition) is 0. The van der Waals surface area contributed by atoms with Crippen LogP contribution >= 0.6 is 0 Å². The Labute approximate surface area is 267 Å². The molecule has 200 valence electrons. The van der Waals surface area contributed by atoms with Gasteiger partial charge in [-0.1, -0.05) is 145 Å². The van der Waals surface area contributed by atoms with Crippen molar-refractivity contribution in [3.05, 3.63) is 157 Å². The SMILES string of the molecule is [2H]c1c([2H])c([2H])c(-c2c3c([2H])c([2H])c([2H])c([2H])c3c(-c3cccc4c3oc3cccc(-c5ccc6ccccc6c5)c34)c3c([2H])c([2H])c([2H])c([2H])c23)c([2H])c1[2H]. The minimum Gasteiger partial charge on any atom is -0.455 e. The second-order valence-electron chi connectivity index (χ2n) is 10.3. The highest BCUT2D eigenvalue weighted by molar-refractivity contribution is 6.25. The maximum absolute atomic E-state index is 9.31. The normalized spacial score (nSPS) is 16.0. The van der Waals surface area contributed by atoms with Crippen LogP contribution in [-0.2, 0) is 0 Å². The van der Waals surface area contributed by atoms with E-state index in [0.717, 1.165) is 27.3 Å². The molecule has 1 heteroatoms. The minimum atomic E-state index is -0.720. The van der Waals surface area contributed by atoms with Crippen molar-refractivity contribution in [2.45, 2.75) is 0 Å². The molecule has 8 aromatic carbocycles. The summed E-state index contributed by atoms with van der Waals surface area (Å²) in [5, 5.41) is 2.63. The van der Waals surface area contributed by atoms with Crippen molar-refractivity contribution in [2.75, 3.05) is 0 Å². The molecule has 0 unspecified atom stereocenters. The quantitative estimate of drug-likeness (QED) is 0.196. The summed E-state index contributed by atoms with van der Waals surface area (Å²) in [4.78, 5) is 0. The number of hydrogen-bond acceptors (Lipinski definition) is 1. The minimum absolute atomic E-state index is 0.0158. The lowest BCUT2D eigenvalue weighted by Gasteiger charge is -2.17. The fourth-order valence-electron chi connectivity index (χ4n) is 6.16. The van der Waals surface area contributed by atoms with Gasteiger partial charge in [0, 0.05) is 21.9 Å². The Morgan fingerprint density at radius 3 is 1.81 bits per heavy atom. The second kappa shape index (κ2) is 9.44. The zero-order valence-corrected chi connectivity index (χ0v) is 22.4. The predicted molar refractivity (Wildman–Crippen MR) is 183 cm³/mol. The lowest BCUT2D eigenvalue weighted by molar-refractivity contribution is 0.670. The third-order valence-electron chi connectivity index (χ3n) is 7.98. The molecule has 0 aliphatic carbocycles. The summed E-state index contributed by atoms with van der Waals surface area (Å²) >= 11 is 0. The lowest BCUT2D eigenvalue weighted by Crippen LogP contribution is -1.91. The van der Waals surface area contributed by atoms with Crippen LogP contribution < -0.4 is 0 Å². The van der Waals surface area contributed by atoms with E-state index in [4.69, 9.17) is 16.8 Å². The van der Waals surface area contributed by atoms with Crippen molar-refractivity contribution < 1.29 is 22.2 Å². The molecule has 1 aromatic heterocycles. The van der Waals surface area contributed by atoms with Crippen LogP contribution in [0.5, 0.6) is 0 Å². The molecule has 0 atom stereocenters. The van der Waals surface area contributed by atoms with Gasteiger partial charge >= 0.3 is 0 Å². The number of rotatable bonds is 3. The molecule has 1 nitrogen and oxygen atoms in total. The highest BCUT2D eigenvalue weighted by Gasteiger charge is 2.21. The zero-order valence-electron chi connectivity index (χ0n) is 35.4. The van der Waals surface area contributed by atoms with Crippen molar-refractivity contribution in [1.82, 2.24) is 0 Å². The molecule has 0 bridgehead atoms. The summed E-state index contributed by atoms with van der Waals surface area (Å²) in [5.41, 5.74) is 2.06. The Kier molecular flexibility index (Phi) is 3.18. The molecule has 1 heterocycles. The molecule has 9 rings (SSSR count). The molecule has 0 aliphatic heterocycles. The lowest BCUT2D eigenvalue weighted by atomic mass is 9.85. The van der Waals surface area contributed by atoms with Gasteiger partial charge in [-0.15, -0.1) is 0 Å². The third kappa shape index (κ3) is 3.65. The van der Waals surface area contributed by atoms with Gasteiger partial charge in [-0.3, -0.25) is 0 Å². The highest BCUT2D eigenvalue weighted by atomic mass is 16.3. The van der Waals surface area contributed by atoms with Crippen LogP contribution in [0.3, 0.4) is 0 Å². The standard InChI is InChI=1S/C42H26O/c1-2-13-28(14-3-1)39-32-16-6-8-18-34(32)40(35-19-9-7-17-33(35)39)36-21-10-22-37-41-31(20-11-23-38(41)43-42(36)37)30-25-24-27-12-4-5-15-29(27)26-30/h1-26H/i1D,2D,3D,6D,7D,8D,9D,13D,14D,16D,17D,18D,19D. The monoisotopic (exact) mass is 559 g/mol. The first kappa shape index (κ1) is 14.5. The van der Waals surface area contributed by atoms with Gasteiger partial charge in [0.1, 0.15) is 11.2 Å². The largest absolute Gasteiger partial charge is 0.455 e. The van der Waals surface area contributed by atoms with Gasteiger partial charge in [0.05, 0.1) is 17.8 Å². The van der Waals surface area contributed by atoms with E-state index in [2.05, 4.69) is 6.07 Å². The topological polar surface area (TPSA) is 13.1 Å². The molecular weight excluding hydrogens is 520 g/mol. The number of furan rings is 1. The Morgan fingerprint density at radius 2 is 1.07 bits per heavy atom. The van der Waals surface area contributed by atoms with E-state index in [1.54, 1.807) is 18.2 Å². The Balaban J connectivity index is 1.52. The molecule has 9 aromatic rings. The summed E-state index contributed by atoms with van der Waals surface area (Å²) in [6.45, 7) is 0. The van der Waals surface area contributed by atoms with E-state index in [9.17, 15) is 5.48 Å². The van der Waals surface area contributed by atoms with Crippen molar-refractivity contribution in [3.63, 3.8) is 0 Å². The van der Waals surface area contributed by atoms with Crippen molar-refractivity contribution in [1.29, 1.82) is 0 Å². The fourth-order valence-corrected chi connectivity index (χ4v) is 6.16. The maximum atomic E-state index is 9.31. The molecule has 0 aliphatic rings. The van der Waals surface area contributed by atoms with Gasteiger partial charge < -0.3 is 4.42 Å². The van der Waals surface area contributed by atoms with E-state index in [1.807, 2.05) is 54.6 Å². The van der Waals surface area contributed by atoms with Crippen LogP contribution in [0.15, 0.2) is 162 Å². The molecular formula is C42H26O. The molecule has 0 saturated carbocycles. The zero-order chi connectivity index (χ0) is 39.6. The summed E-state index contributed by atoms with van der Waals surface area (Å²) in [5.74, 6) is 0. The summed E-state index contributed by atoms with van der Waals surface area (Å²) in [6, 6.07) is 16.5. The number of para-hydroxylation sites is 1. The maximum Gasteiger partial charge on any atom is 0.143 e. The van der Waals surface area contributed by atoms with E-state index in [1.165, 1.54) is 0 Å². The van der Waals surface area contributed by atoms with Crippen LogP contribution in [0.2, 0.25) is 0 Å². The van der Waals surface area contributed by atoms with Gasteiger partial charge in [-0.2, -0.15) is 0 Å². The Bertz CT molecular complexity index is 3130. The Morgan fingerprint density at radius 1 is 0.442 bits per heavy atom. The van der Waals surface area contributed by atoms with Crippen molar-refractivity contribution in [2.24, 2.45) is 0 Å². The van der Waals surface area contributed by atoms with Crippen LogP contribution in [0.25, 0.3) is 87.6 Å². The van der Waals surface area contributed by atoms with E-state index in [-0.39, 0.29) is 43.8 Å². The smallest absolute Gasteiger partial charge is 0.143 e. The molecule has 0 amide bonds. The van der Waals surface area contributed by atoms with E-state index < -0.39 is 84.1 Å². The van der Waals surface area contributed by atoms with Crippen LogP contribution in [-0.4, -0.2) is 0 Å². The third-order valence-corrected chi connectivity index (χ3v) is 7.98. The van der Waals surface area contributed by atoms with Crippen molar-refractivity contribution >= 4 is 54.3 Å². The summed E-state index contributed by atoms with van der Waals surface area (Å²) in [6.07, 6.45) is 0. The average molecular weight is 560 g/mol. The predicted octanol–water partition coefficient (Wildman–Crippen LogP) is 12.0. The fraction of sp³-hybridized carbons (Fsp3) is 0. The first-order chi connectivity index (χ1) is 26.7. The molecule has 0 radical (unpaired) electrons. The van der Waals surface area contributed by atoms with Gasteiger partial charge in [0.2, 0.25) is 0 Å². The first-order valence-electron chi connectivity index (χ1n) is 20.2. The van der Waals surface area contributed by atoms with E-state index in [0.29, 0.717) is 11.0 Å². The van der Waals surface area contributed by atoms with Gasteiger partial charge in [0.25, 0.3) is 0 Å². The summed E-state index contributed by atoms with van der Waals surface area (Å²) in [7, 11) is 0. The van der Waals surface area contributed by atoms with Gasteiger partial charge in [-0.25, -0.2) is 0 Å². The van der Waals surface area contributed by atoms with Gasteiger partial charge in [-0.05, 0) is 66.7 Å². The van der Waals surface area contributed by atoms with Crippen LogP contribution in [0.1, 0.15) is 17.8 Å². The average Bonchev–Trinajstić information content (AvgIpc) is 3.60. The van der Waals surface area contributed by atoms with Crippen LogP contribution in [0, 0.1) is 0 Å². The number of fused-ring (bicyclic) bond motifs is 6. The molecule has 0 fully saturated rings. The second-order valence-corrected chi connectivity index (χ2v) is 10.3. The molecule has 0 N–H and O–H groups in total. The summed E-state index contributed by atoms with van der Waals surface area (Å²) < 4.78 is 122. The number of benzene rings is 8. The van der Waals surface area contributed by atoms with Crippen LogP contribution in [0.4, 0.5) is 0 Å². The Hall–Kier alpha value is -5.66. The highest BCUT2D eigenvalue weighted by Crippen LogP contribution is 2.47. The molecule has 0 spiro atoms. The van der Waals surface area contributed by atoms with E-state index >= 15 is 0 Å². The first-order valence-corrected chi connectivity index (χ1v) is 13.7. The van der Waals surface area contributed by atoms with Gasteiger partial charge in [0.15, 0.2) is 0 Å². The van der Waals surface area contributed by atoms with Crippen molar-refractivity contribution in [3.8, 4) is 33.4 Å².